The Hall–Kier alpha value is -3.52. The van der Waals surface area contributed by atoms with Gasteiger partial charge in [-0.3, -0.25) is 14.5 Å². The highest BCUT2D eigenvalue weighted by Crippen LogP contribution is 2.17. The number of benzene rings is 3. The summed E-state index contributed by atoms with van der Waals surface area (Å²) in [6, 6.07) is 25.7. The molecule has 0 spiro atoms. The van der Waals surface area contributed by atoms with E-state index >= 15 is 0 Å². The summed E-state index contributed by atoms with van der Waals surface area (Å²) in [6.45, 7) is 4.98. The first-order valence-electron chi connectivity index (χ1n) is 13.7. The zero-order valence-electron chi connectivity index (χ0n) is 22.5. The van der Waals surface area contributed by atoms with Crippen LogP contribution in [0, 0.1) is 5.92 Å². The zero-order valence-corrected chi connectivity index (χ0v) is 22.5. The normalized spacial score (nSPS) is 16.7. The molecule has 0 bridgehead atoms. The van der Waals surface area contributed by atoms with Crippen molar-refractivity contribution in [2.75, 3.05) is 13.1 Å². The van der Waals surface area contributed by atoms with Crippen molar-refractivity contribution >= 4 is 11.8 Å². The van der Waals surface area contributed by atoms with Crippen LogP contribution in [0.4, 0.5) is 0 Å². The van der Waals surface area contributed by atoms with Crippen LogP contribution in [0.5, 0.6) is 0 Å². The molecule has 1 aliphatic heterocycles. The van der Waals surface area contributed by atoms with Gasteiger partial charge in [0.2, 0.25) is 5.91 Å². The monoisotopic (exact) mass is 529 g/mol. The van der Waals surface area contributed by atoms with Gasteiger partial charge in [0.05, 0.1) is 18.1 Å². The van der Waals surface area contributed by atoms with E-state index in [1.807, 2.05) is 72.8 Å². The molecular formula is C32H39N3O4. The topological polar surface area (TPSA) is 102 Å². The Morgan fingerprint density at radius 2 is 1.38 bits per heavy atom. The molecule has 206 valence electrons. The standard InChI is InChI=1S/C32H39N3O4/c1-23(31(38)33-21-25-12-6-3-7-13-25)29(36)30(37)28(20-24-10-4-2-5-11-24)34-32(39)27-16-14-26(15-17-27)22-35-18-8-9-19-35/h2-7,10-17,23,28-30,36-37H,8-9,18-22H2,1H3,(H,33,38)(H,34,39)/t23-,28+,29-,30-/m1/s1. The molecule has 3 aromatic rings. The van der Waals surface area contributed by atoms with Crippen molar-refractivity contribution in [2.24, 2.45) is 5.92 Å². The van der Waals surface area contributed by atoms with Crippen molar-refractivity contribution in [3.63, 3.8) is 0 Å². The van der Waals surface area contributed by atoms with Gasteiger partial charge in [0.15, 0.2) is 0 Å². The maximum Gasteiger partial charge on any atom is 0.251 e. The molecule has 0 aliphatic carbocycles. The predicted octanol–water partition coefficient (Wildman–Crippen LogP) is 3.30. The minimum absolute atomic E-state index is 0.302. The molecule has 0 aromatic heterocycles. The fourth-order valence-electron chi connectivity index (χ4n) is 4.97. The highest BCUT2D eigenvalue weighted by Gasteiger charge is 2.34. The van der Waals surface area contributed by atoms with E-state index < -0.39 is 24.2 Å². The van der Waals surface area contributed by atoms with E-state index in [4.69, 9.17) is 0 Å². The van der Waals surface area contributed by atoms with Gasteiger partial charge in [-0.25, -0.2) is 0 Å². The second-order valence-electron chi connectivity index (χ2n) is 10.4. The van der Waals surface area contributed by atoms with Crippen molar-refractivity contribution < 1.29 is 19.8 Å². The number of hydrogen-bond acceptors (Lipinski definition) is 5. The Morgan fingerprint density at radius 3 is 2.00 bits per heavy atom. The van der Waals surface area contributed by atoms with Crippen LogP contribution in [0.3, 0.4) is 0 Å². The number of nitrogens with one attached hydrogen (secondary N) is 2. The number of likely N-dealkylation sites (tertiary alicyclic amines) is 1. The van der Waals surface area contributed by atoms with E-state index in [9.17, 15) is 19.8 Å². The average molecular weight is 530 g/mol. The van der Waals surface area contributed by atoms with Crippen LogP contribution >= 0.6 is 0 Å². The summed E-state index contributed by atoms with van der Waals surface area (Å²) >= 11 is 0. The molecule has 0 unspecified atom stereocenters. The van der Waals surface area contributed by atoms with Crippen LogP contribution in [0.15, 0.2) is 84.9 Å². The number of nitrogens with zero attached hydrogens (tertiary/aromatic N) is 1. The van der Waals surface area contributed by atoms with Gasteiger partial charge in [-0.15, -0.1) is 0 Å². The molecule has 2 amide bonds. The third kappa shape index (κ3) is 8.23. The Balaban J connectivity index is 1.41. The lowest BCUT2D eigenvalue weighted by Gasteiger charge is -2.30. The number of hydrogen-bond donors (Lipinski definition) is 4. The summed E-state index contributed by atoms with van der Waals surface area (Å²) in [5, 5.41) is 27.9. The molecule has 1 fully saturated rings. The average Bonchev–Trinajstić information content (AvgIpc) is 3.49. The molecular weight excluding hydrogens is 490 g/mol. The molecule has 4 N–H and O–H groups in total. The number of carbonyl (C=O) groups excluding carboxylic acids is 2. The van der Waals surface area contributed by atoms with Crippen molar-refractivity contribution in [2.45, 2.75) is 57.5 Å². The quantitative estimate of drug-likeness (QED) is 0.288. The molecule has 1 heterocycles. The molecule has 7 heteroatoms. The second-order valence-corrected chi connectivity index (χ2v) is 10.4. The van der Waals surface area contributed by atoms with Crippen molar-refractivity contribution in [3.05, 3.63) is 107 Å². The maximum absolute atomic E-state index is 13.2. The summed E-state index contributed by atoms with van der Waals surface area (Å²) in [7, 11) is 0. The molecule has 1 aliphatic rings. The lowest BCUT2D eigenvalue weighted by molar-refractivity contribution is -0.131. The van der Waals surface area contributed by atoms with E-state index in [0.29, 0.717) is 18.5 Å². The van der Waals surface area contributed by atoms with Gasteiger partial charge in [-0.2, -0.15) is 0 Å². The van der Waals surface area contributed by atoms with Crippen molar-refractivity contribution in [1.29, 1.82) is 0 Å². The van der Waals surface area contributed by atoms with E-state index in [0.717, 1.165) is 36.3 Å². The Kier molecular flexibility index (Phi) is 10.3. The molecule has 39 heavy (non-hydrogen) atoms. The van der Waals surface area contributed by atoms with Crippen LogP contribution in [0.25, 0.3) is 0 Å². The van der Waals surface area contributed by atoms with Gasteiger partial charge in [0, 0.05) is 18.7 Å². The van der Waals surface area contributed by atoms with Crippen molar-refractivity contribution in [3.8, 4) is 0 Å². The van der Waals surface area contributed by atoms with Crippen LogP contribution in [-0.2, 0) is 24.3 Å². The van der Waals surface area contributed by atoms with Gasteiger partial charge in [0.1, 0.15) is 6.10 Å². The molecule has 3 aromatic carbocycles. The fourth-order valence-corrected chi connectivity index (χ4v) is 4.97. The number of aliphatic hydroxyl groups excluding tert-OH is 2. The predicted molar refractivity (Wildman–Crippen MR) is 152 cm³/mol. The van der Waals surface area contributed by atoms with Crippen LogP contribution in [-0.4, -0.2) is 58.3 Å². The van der Waals surface area contributed by atoms with Crippen molar-refractivity contribution in [1.82, 2.24) is 15.5 Å². The molecule has 0 radical (unpaired) electrons. The number of amides is 2. The molecule has 7 nitrogen and oxygen atoms in total. The summed E-state index contributed by atoms with van der Waals surface area (Å²) in [4.78, 5) is 28.4. The Morgan fingerprint density at radius 1 is 0.795 bits per heavy atom. The maximum atomic E-state index is 13.2. The van der Waals surface area contributed by atoms with Gasteiger partial charge in [-0.05, 0) is 61.2 Å². The summed E-state index contributed by atoms with van der Waals surface area (Å²) in [5.41, 5.74) is 3.47. The summed E-state index contributed by atoms with van der Waals surface area (Å²) < 4.78 is 0. The minimum atomic E-state index is -1.38. The van der Waals surface area contributed by atoms with E-state index in [1.165, 1.54) is 12.8 Å². The van der Waals surface area contributed by atoms with Gasteiger partial charge >= 0.3 is 0 Å². The molecule has 1 saturated heterocycles. The Bertz CT molecular complexity index is 1180. The number of rotatable bonds is 12. The summed E-state index contributed by atoms with van der Waals surface area (Å²) in [6.07, 6.45) is 0.0184. The van der Waals surface area contributed by atoms with E-state index in [1.54, 1.807) is 19.1 Å². The fraction of sp³-hybridized carbons (Fsp3) is 0.375. The first-order valence-corrected chi connectivity index (χ1v) is 13.7. The lowest BCUT2D eigenvalue weighted by Crippen LogP contribution is -2.53. The second kappa shape index (κ2) is 14.0. The number of carbonyl (C=O) groups is 2. The first-order chi connectivity index (χ1) is 18.9. The Labute approximate surface area is 230 Å². The molecule has 4 atom stereocenters. The third-order valence-corrected chi connectivity index (χ3v) is 7.43. The zero-order chi connectivity index (χ0) is 27.6. The first kappa shape index (κ1) is 28.5. The van der Waals surface area contributed by atoms with E-state index in [2.05, 4.69) is 15.5 Å². The molecule has 0 saturated carbocycles. The smallest absolute Gasteiger partial charge is 0.251 e. The highest BCUT2D eigenvalue weighted by molar-refractivity contribution is 5.94. The van der Waals surface area contributed by atoms with Gasteiger partial charge < -0.3 is 20.8 Å². The molecule has 4 rings (SSSR count). The van der Waals surface area contributed by atoms with Crippen LogP contribution in [0.2, 0.25) is 0 Å². The van der Waals surface area contributed by atoms with Gasteiger partial charge in [0.25, 0.3) is 5.91 Å². The van der Waals surface area contributed by atoms with Gasteiger partial charge in [-0.1, -0.05) is 79.7 Å². The van der Waals surface area contributed by atoms with Crippen LogP contribution in [0.1, 0.15) is 46.8 Å². The number of aliphatic hydroxyl groups is 2. The summed E-state index contributed by atoms with van der Waals surface area (Å²) in [5.74, 6) is -1.59. The SMILES string of the molecule is C[C@@H](C(=O)NCc1ccccc1)[C@@H](O)[C@H](O)[C@H](Cc1ccccc1)NC(=O)c1ccc(CN2CCCC2)cc1. The third-order valence-electron chi connectivity index (χ3n) is 7.43. The minimum Gasteiger partial charge on any atom is -0.390 e. The largest absolute Gasteiger partial charge is 0.390 e. The van der Waals surface area contributed by atoms with E-state index in [-0.39, 0.29) is 11.8 Å². The lowest BCUT2D eigenvalue weighted by atomic mass is 9.90. The van der Waals surface area contributed by atoms with Crippen LogP contribution < -0.4 is 10.6 Å². The highest BCUT2D eigenvalue weighted by atomic mass is 16.3.